The van der Waals surface area contributed by atoms with Gasteiger partial charge in [0.15, 0.2) is 34.7 Å². The van der Waals surface area contributed by atoms with Crippen molar-refractivity contribution in [1.82, 2.24) is 4.90 Å². The van der Waals surface area contributed by atoms with Crippen LogP contribution in [0.2, 0.25) is 0 Å². The molecule has 0 spiro atoms. The Labute approximate surface area is 247 Å². The Morgan fingerprint density at radius 3 is 2.38 bits per heavy atom. The molecule has 4 N–H and O–H groups in total. The van der Waals surface area contributed by atoms with Gasteiger partial charge < -0.3 is 20.7 Å². The first-order valence-electron chi connectivity index (χ1n) is 14.3. The molecule has 12 heteroatoms. The van der Waals surface area contributed by atoms with Crippen molar-refractivity contribution in [2.75, 3.05) is 19.8 Å². The van der Waals surface area contributed by atoms with Gasteiger partial charge in [-0.2, -0.15) is 11.8 Å². The Morgan fingerprint density at radius 1 is 1.12 bits per heavy atom. The van der Waals surface area contributed by atoms with Crippen LogP contribution in [0.4, 0.5) is 0 Å². The number of ether oxygens (including phenoxy) is 1. The predicted octanol–water partition coefficient (Wildman–Crippen LogP) is 1.02. The molecule has 8 atom stereocenters. The molecule has 5 rings (SSSR count). The third-order valence-corrected chi connectivity index (χ3v) is 11.0. The molecule has 4 aliphatic carbocycles. The molecule has 0 aromatic heterocycles. The Kier molecular flexibility index (Phi) is 8.10. The third-order valence-electron chi connectivity index (χ3n) is 9.49. The number of benzene rings is 1. The zero-order valence-corrected chi connectivity index (χ0v) is 24.6. The average Bonchev–Trinajstić information content (AvgIpc) is 3.45. The topological polar surface area (TPSA) is 181 Å². The fourth-order valence-corrected chi connectivity index (χ4v) is 9.16. The van der Waals surface area contributed by atoms with Crippen LogP contribution in [0, 0.1) is 23.7 Å². The number of esters is 1. The summed E-state index contributed by atoms with van der Waals surface area (Å²) in [7, 11) is 2.97. The molecule has 0 saturated heterocycles. The highest BCUT2D eigenvalue weighted by molar-refractivity contribution is 7.99. The molecule has 3 saturated carbocycles. The van der Waals surface area contributed by atoms with Crippen molar-refractivity contribution >= 4 is 46.8 Å². The van der Waals surface area contributed by atoms with Gasteiger partial charge in [0.2, 0.25) is 5.91 Å². The molecule has 11 nitrogen and oxygen atoms in total. The van der Waals surface area contributed by atoms with Gasteiger partial charge in [0, 0.05) is 29.3 Å². The first-order valence-corrected chi connectivity index (χ1v) is 15.4. The number of carbonyl (C=O) groups excluding carboxylic acids is 6. The normalized spacial score (nSPS) is 34.6. The zero-order chi connectivity index (χ0) is 30.7. The van der Waals surface area contributed by atoms with E-state index in [1.54, 1.807) is 30.8 Å². The van der Waals surface area contributed by atoms with Crippen LogP contribution in [0.5, 0.6) is 5.75 Å². The number of nitrogens with zero attached hydrogens (tertiary/aromatic N) is 1. The molecule has 3 fully saturated rings. The number of likely N-dealkylation sites (N-methyl/N-ethyl adjacent to an activating group) is 1. The van der Waals surface area contributed by atoms with E-state index >= 15 is 0 Å². The van der Waals surface area contributed by atoms with E-state index in [1.165, 1.54) is 25.1 Å². The lowest BCUT2D eigenvalue weighted by Gasteiger charge is -2.57. The molecule has 1 aromatic carbocycles. The van der Waals surface area contributed by atoms with Gasteiger partial charge in [-0.15, -0.1) is 0 Å². The van der Waals surface area contributed by atoms with Gasteiger partial charge in [0.05, 0.1) is 23.4 Å². The molecular weight excluding hydrogens is 564 g/mol. The summed E-state index contributed by atoms with van der Waals surface area (Å²) in [5.41, 5.74) is 2.80. The predicted molar refractivity (Wildman–Crippen MR) is 151 cm³/mol. The SMILES string of the molecule is CCC(=O)O[C@H]1C2C(C(=O)c3c(O)cccc3[C@@H]2CSC2CCCC2)C(=O)[C@]2(O)C(=O)C(C(N)=O)C(=O)[C@@H](N(C)C)C12. The first-order chi connectivity index (χ1) is 19.9. The average molecular weight is 601 g/mol. The lowest BCUT2D eigenvalue weighted by Crippen LogP contribution is -2.78. The highest BCUT2D eigenvalue weighted by atomic mass is 32.2. The number of Topliss-reactive ketones (excluding diaryl/α,β-unsaturated/α-hetero) is 4. The number of aliphatic hydroxyl groups is 1. The number of amides is 1. The number of ketones is 4. The van der Waals surface area contributed by atoms with Crippen LogP contribution in [0.15, 0.2) is 18.2 Å². The maximum Gasteiger partial charge on any atom is 0.305 e. The molecule has 0 bridgehead atoms. The van der Waals surface area contributed by atoms with Crippen molar-refractivity contribution in [3.63, 3.8) is 0 Å². The number of hydrogen-bond acceptors (Lipinski definition) is 11. The molecule has 0 aliphatic heterocycles. The van der Waals surface area contributed by atoms with Crippen LogP contribution in [-0.4, -0.2) is 93.0 Å². The van der Waals surface area contributed by atoms with Gasteiger partial charge in [0.25, 0.3) is 0 Å². The Bertz CT molecular complexity index is 1360. The second kappa shape index (κ2) is 11.2. The van der Waals surface area contributed by atoms with Gasteiger partial charge in [-0.25, -0.2) is 0 Å². The van der Waals surface area contributed by atoms with E-state index in [-0.39, 0.29) is 17.7 Å². The van der Waals surface area contributed by atoms with Crippen molar-refractivity contribution in [2.24, 2.45) is 29.4 Å². The number of hydrogen-bond donors (Lipinski definition) is 3. The van der Waals surface area contributed by atoms with Crippen LogP contribution in [0.25, 0.3) is 0 Å². The summed E-state index contributed by atoms with van der Waals surface area (Å²) in [4.78, 5) is 82.5. The number of rotatable bonds is 7. The zero-order valence-electron chi connectivity index (χ0n) is 23.8. The van der Waals surface area contributed by atoms with E-state index in [4.69, 9.17) is 10.5 Å². The van der Waals surface area contributed by atoms with E-state index in [2.05, 4.69) is 0 Å². The van der Waals surface area contributed by atoms with Crippen LogP contribution in [-0.2, 0) is 28.7 Å². The van der Waals surface area contributed by atoms with Crippen LogP contribution in [0.3, 0.4) is 0 Å². The summed E-state index contributed by atoms with van der Waals surface area (Å²) in [6.45, 7) is 1.55. The largest absolute Gasteiger partial charge is 0.507 e. The van der Waals surface area contributed by atoms with Gasteiger partial charge in [-0.3, -0.25) is 33.7 Å². The second-order valence-corrected chi connectivity index (χ2v) is 13.3. The number of thioether (sulfide) groups is 1. The molecule has 0 radical (unpaired) electrons. The smallest absolute Gasteiger partial charge is 0.305 e. The Balaban J connectivity index is 1.75. The fraction of sp³-hybridized carbons (Fsp3) is 0.600. The van der Waals surface area contributed by atoms with Crippen LogP contribution >= 0.6 is 11.8 Å². The summed E-state index contributed by atoms with van der Waals surface area (Å²) in [5.74, 6) is -13.3. The van der Waals surface area contributed by atoms with Crippen molar-refractivity contribution in [3.05, 3.63) is 29.3 Å². The van der Waals surface area contributed by atoms with Crippen molar-refractivity contribution in [1.29, 1.82) is 0 Å². The summed E-state index contributed by atoms with van der Waals surface area (Å²) < 4.78 is 5.94. The number of primary amides is 1. The van der Waals surface area contributed by atoms with Crippen LogP contribution in [0.1, 0.15) is 60.9 Å². The van der Waals surface area contributed by atoms with Gasteiger partial charge in [0.1, 0.15) is 11.9 Å². The summed E-state index contributed by atoms with van der Waals surface area (Å²) in [6, 6.07) is 3.20. The van der Waals surface area contributed by atoms with Gasteiger partial charge in [-0.1, -0.05) is 31.9 Å². The van der Waals surface area contributed by atoms with Crippen molar-refractivity contribution < 1.29 is 43.7 Å². The summed E-state index contributed by atoms with van der Waals surface area (Å²) in [5, 5.41) is 23.2. The standard InChI is InChI=1S/C30H36N2O9S/c1-4-17(34)41-26-19-15(12-42-13-8-5-6-9-13)14-10-7-11-16(33)18(14)24(35)20(19)27(37)30(40)22(26)23(32(2)3)25(36)21(28(30)38)29(31)39/h7,10-11,13,15,19-23,26,33,40H,4-6,8-9,12H2,1-3H3,(H2,31,39)/t15-,19?,20?,21?,22?,23-,26-,30-/m0/s1. The minimum absolute atomic E-state index is 0.0818. The van der Waals surface area contributed by atoms with Crippen LogP contribution < -0.4 is 5.73 Å². The number of fused-ring (bicyclic) bond motifs is 3. The van der Waals surface area contributed by atoms with E-state index in [0.29, 0.717) is 16.6 Å². The van der Waals surface area contributed by atoms with E-state index < -0.39 is 82.3 Å². The molecule has 4 unspecified atom stereocenters. The quantitative estimate of drug-likeness (QED) is 0.300. The van der Waals surface area contributed by atoms with Crippen molar-refractivity contribution in [3.8, 4) is 5.75 Å². The first kappa shape index (κ1) is 30.4. The number of aromatic hydroxyl groups is 1. The van der Waals surface area contributed by atoms with Gasteiger partial charge >= 0.3 is 5.97 Å². The minimum Gasteiger partial charge on any atom is -0.507 e. The monoisotopic (exact) mass is 600 g/mol. The summed E-state index contributed by atoms with van der Waals surface area (Å²) in [6.07, 6.45) is 2.68. The number of carbonyl (C=O) groups is 6. The van der Waals surface area contributed by atoms with E-state index in [9.17, 15) is 39.0 Å². The van der Waals surface area contributed by atoms with Crippen molar-refractivity contribution in [2.45, 2.75) is 67.9 Å². The lowest BCUT2D eigenvalue weighted by atomic mass is 9.49. The molecule has 42 heavy (non-hydrogen) atoms. The van der Waals surface area contributed by atoms with E-state index in [1.807, 2.05) is 0 Å². The number of phenols is 1. The molecule has 226 valence electrons. The highest BCUT2D eigenvalue weighted by Crippen LogP contribution is 2.56. The number of nitrogens with two attached hydrogens (primary N) is 1. The fourth-order valence-electron chi connectivity index (χ4n) is 7.61. The molecule has 4 aliphatic rings. The Hall–Kier alpha value is -3.09. The molecule has 1 aromatic rings. The molecular formula is C30H36N2O9S. The lowest BCUT2D eigenvalue weighted by molar-refractivity contribution is -0.205. The molecule has 1 amide bonds. The maximum atomic E-state index is 14.4. The highest BCUT2D eigenvalue weighted by Gasteiger charge is 2.74. The van der Waals surface area contributed by atoms with Gasteiger partial charge in [-0.05, 0) is 38.6 Å². The molecule has 0 heterocycles. The Morgan fingerprint density at radius 2 is 1.79 bits per heavy atom. The third kappa shape index (κ3) is 4.49. The number of phenolic OH excluding ortho intramolecular Hbond substituents is 1. The van der Waals surface area contributed by atoms with E-state index in [0.717, 1.165) is 25.7 Å². The second-order valence-electron chi connectivity index (χ2n) is 12.0. The minimum atomic E-state index is -3.02. The summed E-state index contributed by atoms with van der Waals surface area (Å²) >= 11 is 1.67. The maximum absolute atomic E-state index is 14.4.